The van der Waals surface area contributed by atoms with Crippen molar-refractivity contribution in [1.29, 1.82) is 0 Å². The molecule has 7 atom stereocenters. The fraction of sp³-hybridized carbons (Fsp3) is 0.552. The Kier molecular flexibility index (Phi) is 8.95. The molecule has 38 heavy (non-hydrogen) atoms. The number of ether oxygens (including phenoxy) is 1. The van der Waals surface area contributed by atoms with Crippen molar-refractivity contribution >= 4 is 46.8 Å². The second-order valence-corrected chi connectivity index (χ2v) is 12.4. The summed E-state index contributed by atoms with van der Waals surface area (Å²) in [4.78, 5) is 45.4. The van der Waals surface area contributed by atoms with Gasteiger partial charge in [0.25, 0.3) is 5.91 Å². The lowest BCUT2D eigenvalue weighted by Gasteiger charge is -2.41. The van der Waals surface area contributed by atoms with Crippen LogP contribution < -0.4 is 4.90 Å². The highest BCUT2D eigenvalue weighted by Crippen LogP contribution is 2.67. The first kappa shape index (κ1) is 28.7. The second-order valence-electron chi connectivity index (χ2n) is 10.4. The minimum absolute atomic E-state index is 0.0529. The molecular weight excluding hydrogens is 524 g/mol. The fourth-order valence-electron chi connectivity index (χ4n) is 6.40. The molecule has 3 saturated heterocycles. The second kappa shape index (κ2) is 11.8. The van der Waals surface area contributed by atoms with Crippen LogP contribution in [-0.4, -0.2) is 69.6 Å². The summed E-state index contributed by atoms with van der Waals surface area (Å²) in [6.45, 7) is 11.6. The highest BCUT2D eigenvalue weighted by molar-refractivity contribution is 8.02. The summed E-state index contributed by atoms with van der Waals surface area (Å²) in [7, 11) is 0. The number of thioether (sulfide) groups is 1. The monoisotopic (exact) mass is 560 g/mol. The first-order chi connectivity index (χ1) is 18.3. The van der Waals surface area contributed by atoms with E-state index in [1.165, 1.54) is 0 Å². The third-order valence-electron chi connectivity index (χ3n) is 8.38. The van der Waals surface area contributed by atoms with E-state index in [-0.39, 0.29) is 42.7 Å². The highest BCUT2D eigenvalue weighted by atomic mass is 35.5. The Morgan fingerprint density at radius 2 is 2.08 bits per heavy atom. The van der Waals surface area contributed by atoms with E-state index in [0.29, 0.717) is 30.0 Å². The molecule has 0 aliphatic carbocycles. The molecule has 1 N–H and O–H groups in total. The van der Waals surface area contributed by atoms with Gasteiger partial charge in [-0.1, -0.05) is 56.2 Å². The standard InChI is InChI=1S/C29H37ClN2O5S/c1-5-8-16-37-28(36)23-22-13-14-29(38-22)24(23)26(34)32(21(17-33)18(4)7-3)25(29)27(35)31(15-6-2)20-12-10-9-11-19(20)30/h5-6,9-12,18,21-25,33H,1-2,7-8,13-17H2,3-4H3/t18-,21-,22-,23+,24-,25?,29?/m0/s1. The number of halogens is 1. The number of aliphatic hydroxyl groups excluding tert-OH is 1. The van der Waals surface area contributed by atoms with Crippen molar-refractivity contribution in [2.75, 3.05) is 24.7 Å². The molecule has 4 rings (SSSR count). The number of nitrogens with zero attached hydrogens (tertiary/aromatic N) is 2. The van der Waals surface area contributed by atoms with Crippen LogP contribution in [0.3, 0.4) is 0 Å². The lowest BCUT2D eigenvalue weighted by Crippen LogP contribution is -2.58. The number of carbonyl (C=O) groups excluding carboxylic acids is 3. The first-order valence-electron chi connectivity index (χ1n) is 13.3. The predicted octanol–water partition coefficient (Wildman–Crippen LogP) is 4.48. The van der Waals surface area contributed by atoms with Gasteiger partial charge in [-0.15, -0.1) is 24.9 Å². The van der Waals surface area contributed by atoms with Gasteiger partial charge in [-0.25, -0.2) is 0 Å². The maximum absolute atomic E-state index is 14.6. The maximum atomic E-state index is 14.6. The molecule has 3 aliphatic rings. The molecule has 206 valence electrons. The molecule has 0 saturated carbocycles. The minimum atomic E-state index is -0.858. The largest absolute Gasteiger partial charge is 0.465 e. The average molecular weight is 561 g/mol. The van der Waals surface area contributed by atoms with Crippen LogP contribution in [0.15, 0.2) is 49.6 Å². The van der Waals surface area contributed by atoms with Crippen LogP contribution in [0.5, 0.6) is 0 Å². The third kappa shape index (κ3) is 4.69. The van der Waals surface area contributed by atoms with E-state index >= 15 is 0 Å². The quantitative estimate of drug-likeness (QED) is 0.230. The fourth-order valence-corrected chi connectivity index (χ4v) is 8.83. The zero-order chi connectivity index (χ0) is 27.6. The summed E-state index contributed by atoms with van der Waals surface area (Å²) >= 11 is 8.10. The number of carbonyl (C=O) groups is 3. The first-order valence-corrected chi connectivity index (χ1v) is 14.6. The Hall–Kier alpha value is -2.29. The smallest absolute Gasteiger partial charge is 0.310 e. The van der Waals surface area contributed by atoms with Gasteiger partial charge in [-0.3, -0.25) is 14.4 Å². The van der Waals surface area contributed by atoms with Crippen molar-refractivity contribution in [3.05, 3.63) is 54.6 Å². The predicted molar refractivity (Wildman–Crippen MR) is 151 cm³/mol. The van der Waals surface area contributed by atoms with Crippen LogP contribution in [0.1, 0.15) is 39.5 Å². The lowest BCUT2D eigenvalue weighted by molar-refractivity contribution is -0.154. The van der Waals surface area contributed by atoms with Gasteiger partial charge in [0.15, 0.2) is 0 Å². The van der Waals surface area contributed by atoms with Crippen LogP contribution >= 0.6 is 23.4 Å². The Bertz CT molecular complexity index is 1100. The van der Waals surface area contributed by atoms with Crippen molar-refractivity contribution in [1.82, 2.24) is 4.90 Å². The topological polar surface area (TPSA) is 87.2 Å². The van der Waals surface area contributed by atoms with E-state index in [0.717, 1.165) is 6.42 Å². The molecule has 3 fully saturated rings. The van der Waals surface area contributed by atoms with Crippen molar-refractivity contribution in [2.24, 2.45) is 17.8 Å². The SMILES string of the molecule is C=CCCOC(=O)[C@@H]1[C@@H]2CCC3(S2)C(C(=O)N(CC=C)c2ccccc2Cl)N([C@@H](CO)[C@@H](C)CC)C(=O)[C@H]13. The molecule has 1 spiro atoms. The summed E-state index contributed by atoms with van der Waals surface area (Å²) in [5.74, 6) is -2.29. The maximum Gasteiger partial charge on any atom is 0.310 e. The molecule has 7 nitrogen and oxygen atoms in total. The van der Waals surface area contributed by atoms with Crippen LogP contribution in [0.25, 0.3) is 0 Å². The summed E-state index contributed by atoms with van der Waals surface area (Å²) in [6, 6.07) is 5.68. The van der Waals surface area contributed by atoms with Crippen LogP contribution in [0.2, 0.25) is 5.02 Å². The molecule has 2 bridgehead atoms. The minimum Gasteiger partial charge on any atom is -0.465 e. The zero-order valence-electron chi connectivity index (χ0n) is 22.1. The summed E-state index contributed by atoms with van der Waals surface area (Å²) in [6.07, 6.45) is 5.91. The van der Waals surface area contributed by atoms with Crippen molar-refractivity contribution in [3.63, 3.8) is 0 Å². The van der Waals surface area contributed by atoms with E-state index in [9.17, 15) is 19.5 Å². The normalized spacial score (nSPS) is 29.1. The number of aliphatic hydroxyl groups is 1. The Labute approximate surface area is 234 Å². The van der Waals surface area contributed by atoms with E-state index < -0.39 is 34.6 Å². The van der Waals surface area contributed by atoms with Crippen LogP contribution in [0, 0.1) is 17.8 Å². The van der Waals surface area contributed by atoms with E-state index in [4.69, 9.17) is 16.3 Å². The Morgan fingerprint density at radius 1 is 1.34 bits per heavy atom. The summed E-state index contributed by atoms with van der Waals surface area (Å²) in [5.41, 5.74) is 0.535. The van der Waals surface area contributed by atoms with Crippen molar-refractivity contribution in [2.45, 2.75) is 61.6 Å². The van der Waals surface area contributed by atoms with E-state index in [2.05, 4.69) is 13.2 Å². The van der Waals surface area contributed by atoms with Gasteiger partial charge in [0.05, 0.1) is 46.5 Å². The van der Waals surface area contributed by atoms with Crippen molar-refractivity contribution < 1.29 is 24.2 Å². The van der Waals surface area contributed by atoms with Gasteiger partial charge in [-0.05, 0) is 37.3 Å². The lowest BCUT2D eigenvalue weighted by atomic mass is 9.71. The van der Waals surface area contributed by atoms with Gasteiger partial charge in [0.2, 0.25) is 5.91 Å². The van der Waals surface area contributed by atoms with Crippen LogP contribution in [-0.2, 0) is 19.1 Å². The number of esters is 1. The molecule has 0 radical (unpaired) electrons. The van der Waals surface area contributed by atoms with Gasteiger partial charge in [-0.2, -0.15) is 0 Å². The number of para-hydroxylation sites is 1. The molecular formula is C29H37ClN2O5S. The Morgan fingerprint density at radius 3 is 2.71 bits per heavy atom. The zero-order valence-corrected chi connectivity index (χ0v) is 23.6. The molecule has 2 unspecified atom stereocenters. The van der Waals surface area contributed by atoms with Gasteiger partial charge >= 0.3 is 5.97 Å². The van der Waals surface area contributed by atoms with Gasteiger partial charge in [0.1, 0.15) is 6.04 Å². The Balaban J connectivity index is 1.81. The number of amides is 2. The van der Waals surface area contributed by atoms with E-state index in [1.807, 2.05) is 19.9 Å². The molecule has 9 heteroatoms. The molecule has 1 aromatic rings. The third-order valence-corrected chi connectivity index (χ3v) is 10.6. The van der Waals surface area contributed by atoms with E-state index in [1.54, 1.807) is 51.9 Å². The number of anilines is 1. The molecule has 3 aliphatic heterocycles. The number of rotatable bonds is 12. The van der Waals surface area contributed by atoms with Crippen molar-refractivity contribution in [3.8, 4) is 0 Å². The molecule has 2 amide bonds. The summed E-state index contributed by atoms with van der Waals surface area (Å²) in [5, 5.41) is 10.8. The number of benzene rings is 1. The molecule has 0 aromatic heterocycles. The number of hydrogen-bond donors (Lipinski definition) is 1. The van der Waals surface area contributed by atoms with Crippen LogP contribution in [0.4, 0.5) is 5.69 Å². The van der Waals surface area contributed by atoms with Gasteiger partial charge in [0, 0.05) is 11.8 Å². The molecule has 1 aromatic carbocycles. The number of likely N-dealkylation sites (tertiary alicyclic amines) is 1. The average Bonchev–Trinajstić information content (AvgIpc) is 3.55. The number of fused-ring (bicyclic) bond motifs is 1. The molecule has 3 heterocycles. The summed E-state index contributed by atoms with van der Waals surface area (Å²) < 4.78 is 4.77. The van der Waals surface area contributed by atoms with Gasteiger partial charge < -0.3 is 19.6 Å². The number of hydrogen-bond acceptors (Lipinski definition) is 6. The highest BCUT2D eigenvalue weighted by Gasteiger charge is 2.75.